The summed E-state index contributed by atoms with van der Waals surface area (Å²) in [4.78, 5) is 10.9. The Kier molecular flexibility index (Phi) is 3.64. The van der Waals surface area contributed by atoms with Crippen molar-refractivity contribution in [3.8, 4) is 6.07 Å². The van der Waals surface area contributed by atoms with Gasteiger partial charge in [-0.25, -0.2) is 4.39 Å². The fourth-order valence-electron chi connectivity index (χ4n) is 1.07. The molecule has 1 aromatic carbocycles. The number of nitriles is 1. The Morgan fingerprint density at radius 2 is 2.33 bits per heavy atom. The molecule has 3 nitrogen and oxygen atoms in total. The molecule has 0 spiro atoms. The first-order valence-corrected chi connectivity index (χ1v) is 4.41. The highest BCUT2D eigenvalue weighted by Crippen LogP contribution is 2.21. The van der Waals surface area contributed by atoms with Crippen molar-refractivity contribution < 1.29 is 13.9 Å². The van der Waals surface area contributed by atoms with Crippen LogP contribution in [-0.4, -0.2) is 13.1 Å². The number of benzene rings is 1. The van der Waals surface area contributed by atoms with Crippen LogP contribution in [0.15, 0.2) is 12.1 Å². The van der Waals surface area contributed by atoms with Gasteiger partial charge in [0.05, 0.1) is 18.6 Å². The number of methoxy groups -OCH3 is 1. The second kappa shape index (κ2) is 4.76. The molecule has 15 heavy (non-hydrogen) atoms. The molecule has 0 radical (unpaired) electrons. The molecule has 0 atom stereocenters. The normalized spacial score (nSPS) is 9.47. The molecular weight excluding hydrogens is 221 g/mol. The zero-order valence-electron chi connectivity index (χ0n) is 7.88. The van der Waals surface area contributed by atoms with Gasteiger partial charge in [-0.2, -0.15) is 5.26 Å². The predicted octanol–water partition coefficient (Wildman–Crippen LogP) is 2.07. The fourth-order valence-corrected chi connectivity index (χ4v) is 1.35. The lowest BCUT2D eigenvalue weighted by molar-refractivity contribution is -0.139. The Morgan fingerprint density at radius 3 is 2.80 bits per heavy atom. The zero-order chi connectivity index (χ0) is 11.4. The number of hydrogen-bond donors (Lipinski definition) is 0. The summed E-state index contributed by atoms with van der Waals surface area (Å²) < 4.78 is 17.6. The molecule has 0 heterocycles. The Morgan fingerprint density at radius 1 is 1.67 bits per heavy atom. The van der Waals surface area contributed by atoms with Gasteiger partial charge >= 0.3 is 5.97 Å². The number of ether oxygens (including phenoxy) is 1. The maximum Gasteiger partial charge on any atom is 0.309 e. The van der Waals surface area contributed by atoms with Gasteiger partial charge in [-0.15, -0.1) is 0 Å². The van der Waals surface area contributed by atoms with Crippen molar-refractivity contribution >= 4 is 17.6 Å². The molecule has 1 aromatic rings. The van der Waals surface area contributed by atoms with Crippen LogP contribution in [0.25, 0.3) is 0 Å². The molecule has 0 saturated carbocycles. The van der Waals surface area contributed by atoms with Crippen LogP contribution < -0.4 is 0 Å². The average molecular weight is 228 g/mol. The standard InChI is InChI=1S/C10H7ClFNO2/c1-15-10(14)4-6-2-8(11)7(5-13)9(12)3-6/h2-3H,4H2,1H3. The van der Waals surface area contributed by atoms with E-state index in [1.54, 1.807) is 6.07 Å². The van der Waals surface area contributed by atoms with Crippen LogP contribution in [0.1, 0.15) is 11.1 Å². The van der Waals surface area contributed by atoms with E-state index >= 15 is 0 Å². The van der Waals surface area contributed by atoms with Crippen LogP contribution in [-0.2, 0) is 16.0 Å². The summed E-state index contributed by atoms with van der Waals surface area (Å²) in [5.41, 5.74) is 0.161. The minimum atomic E-state index is -0.732. The average Bonchev–Trinajstić information content (AvgIpc) is 2.17. The highest BCUT2D eigenvalue weighted by atomic mass is 35.5. The number of carbonyl (C=O) groups excluding carboxylic acids is 1. The predicted molar refractivity (Wildman–Crippen MR) is 51.8 cm³/mol. The third-order valence-electron chi connectivity index (χ3n) is 1.79. The van der Waals surface area contributed by atoms with E-state index in [1.807, 2.05) is 0 Å². The van der Waals surface area contributed by atoms with Crippen LogP contribution in [0.5, 0.6) is 0 Å². The minimum Gasteiger partial charge on any atom is -0.469 e. The first-order chi connectivity index (χ1) is 7.08. The molecule has 0 saturated heterocycles. The summed E-state index contributed by atoms with van der Waals surface area (Å²) in [7, 11) is 1.24. The number of rotatable bonds is 2. The number of halogens is 2. The Hall–Kier alpha value is -1.60. The van der Waals surface area contributed by atoms with Crippen LogP contribution in [0, 0.1) is 17.1 Å². The van der Waals surface area contributed by atoms with Gasteiger partial charge in [0.15, 0.2) is 0 Å². The van der Waals surface area contributed by atoms with Crippen LogP contribution in [0.4, 0.5) is 4.39 Å². The molecule has 78 valence electrons. The molecule has 0 aliphatic heterocycles. The SMILES string of the molecule is COC(=O)Cc1cc(F)c(C#N)c(Cl)c1. The lowest BCUT2D eigenvalue weighted by atomic mass is 10.1. The van der Waals surface area contributed by atoms with Gasteiger partial charge in [0.2, 0.25) is 0 Å². The van der Waals surface area contributed by atoms with Gasteiger partial charge < -0.3 is 4.74 Å². The van der Waals surface area contributed by atoms with Crippen molar-refractivity contribution in [3.05, 3.63) is 34.1 Å². The molecule has 0 aliphatic rings. The van der Waals surface area contributed by atoms with Gasteiger partial charge in [0, 0.05) is 0 Å². The molecule has 1 rings (SSSR count). The Labute approximate surface area is 91.0 Å². The summed E-state index contributed by atoms with van der Waals surface area (Å²) in [5.74, 6) is -1.22. The van der Waals surface area contributed by atoms with Gasteiger partial charge in [-0.3, -0.25) is 4.79 Å². The third-order valence-corrected chi connectivity index (χ3v) is 2.09. The molecular formula is C10H7ClFNO2. The molecule has 0 unspecified atom stereocenters. The molecule has 0 bridgehead atoms. The largest absolute Gasteiger partial charge is 0.469 e. The second-order valence-electron chi connectivity index (χ2n) is 2.80. The molecule has 0 amide bonds. The minimum absolute atomic E-state index is 0.00333. The summed E-state index contributed by atoms with van der Waals surface area (Å²) in [5, 5.41) is 8.55. The first-order valence-electron chi connectivity index (χ1n) is 4.03. The lowest BCUT2D eigenvalue weighted by Gasteiger charge is -2.03. The van der Waals surface area contributed by atoms with Gasteiger partial charge in [0.1, 0.15) is 17.4 Å². The van der Waals surface area contributed by atoms with Crippen molar-refractivity contribution in [3.63, 3.8) is 0 Å². The molecule has 0 N–H and O–H groups in total. The van der Waals surface area contributed by atoms with E-state index in [0.717, 1.165) is 6.07 Å². The molecule has 5 heteroatoms. The summed E-state index contributed by atoms with van der Waals surface area (Å²) in [6, 6.07) is 4.11. The number of esters is 1. The summed E-state index contributed by atoms with van der Waals surface area (Å²) in [6.45, 7) is 0. The molecule has 0 aromatic heterocycles. The topological polar surface area (TPSA) is 50.1 Å². The number of carbonyl (C=O) groups is 1. The van der Waals surface area contributed by atoms with Crippen molar-refractivity contribution in [1.29, 1.82) is 5.26 Å². The maximum atomic E-state index is 13.2. The lowest BCUT2D eigenvalue weighted by Crippen LogP contribution is -2.05. The van der Waals surface area contributed by atoms with Gasteiger partial charge in [-0.05, 0) is 17.7 Å². The first kappa shape index (κ1) is 11.5. The van der Waals surface area contributed by atoms with E-state index in [4.69, 9.17) is 16.9 Å². The van der Waals surface area contributed by atoms with E-state index in [2.05, 4.69) is 4.74 Å². The monoisotopic (exact) mass is 227 g/mol. The summed E-state index contributed by atoms with van der Waals surface area (Å²) in [6.07, 6.45) is -0.0706. The van der Waals surface area contributed by atoms with Gasteiger partial charge in [0.25, 0.3) is 0 Å². The van der Waals surface area contributed by atoms with Crippen molar-refractivity contribution in [2.75, 3.05) is 7.11 Å². The van der Waals surface area contributed by atoms with Crippen LogP contribution in [0.2, 0.25) is 5.02 Å². The smallest absolute Gasteiger partial charge is 0.309 e. The highest BCUT2D eigenvalue weighted by Gasteiger charge is 2.11. The van der Waals surface area contributed by atoms with Crippen LogP contribution >= 0.6 is 11.6 Å². The van der Waals surface area contributed by atoms with E-state index in [1.165, 1.54) is 13.2 Å². The number of nitrogens with zero attached hydrogens (tertiary/aromatic N) is 1. The summed E-state index contributed by atoms with van der Waals surface area (Å²) >= 11 is 5.65. The number of hydrogen-bond acceptors (Lipinski definition) is 3. The zero-order valence-corrected chi connectivity index (χ0v) is 8.64. The maximum absolute atomic E-state index is 13.2. The molecule has 0 fully saturated rings. The Bertz CT molecular complexity index is 417. The molecule has 0 aliphatic carbocycles. The van der Waals surface area contributed by atoms with E-state index < -0.39 is 11.8 Å². The van der Waals surface area contributed by atoms with Gasteiger partial charge in [-0.1, -0.05) is 11.6 Å². The van der Waals surface area contributed by atoms with Crippen molar-refractivity contribution in [2.45, 2.75) is 6.42 Å². The second-order valence-corrected chi connectivity index (χ2v) is 3.21. The van der Waals surface area contributed by atoms with Crippen molar-refractivity contribution in [1.82, 2.24) is 0 Å². The van der Waals surface area contributed by atoms with E-state index in [0.29, 0.717) is 5.56 Å². The fraction of sp³-hybridized carbons (Fsp3) is 0.200. The Balaban J connectivity index is 3.05. The van der Waals surface area contributed by atoms with Crippen molar-refractivity contribution in [2.24, 2.45) is 0 Å². The van der Waals surface area contributed by atoms with Crippen LogP contribution in [0.3, 0.4) is 0 Å². The van der Waals surface area contributed by atoms with E-state index in [-0.39, 0.29) is 17.0 Å². The third kappa shape index (κ3) is 2.67. The highest BCUT2D eigenvalue weighted by molar-refractivity contribution is 6.31. The quantitative estimate of drug-likeness (QED) is 0.727. The van der Waals surface area contributed by atoms with E-state index in [9.17, 15) is 9.18 Å².